The molecule has 2 heterocycles. The Kier molecular flexibility index (Phi) is 6.76. The van der Waals surface area contributed by atoms with Crippen molar-refractivity contribution in [3.05, 3.63) is 59.8 Å². The first-order valence-corrected chi connectivity index (χ1v) is 9.75. The highest BCUT2D eigenvalue weighted by atomic mass is 16.2. The molecule has 148 valence electrons. The van der Waals surface area contributed by atoms with Gasteiger partial charge in [0.15, 0.2) is 0 Å². The average molecular weight is 380 g/mol. The summed E-state index contributed by atoms with van der Waals surface area (Å²) in [6.07, 6.45) is 3.41. The first-order chi connectivity index (χ1) is 13.5. The summed E-state index contributed by atoms with van der Waals surface area (Å²) >= 11 is 0. The third kappa shape index (κ3) is 5.63. The van der Waals surface area contributed by atoms with Crippen molar-refractivity contribution in [3.8, 4) is 0 Å². The van der Waals surface area contributed by atoms with Crippen LogP contribution < -0.4 is 5.32 Å². The van der Waals surface area contributed by atoms with E-state index < -0.39 is 0 Å². The van der Waals surface area contributed by atoms with Gasteiger partial charge in [-0.1, -0.05) is 35.9 Å². The van der Waals surface area contributed by atoms with Crippen LogP contribution in [0.3, 0.4) is 0 Å². The smallest absolute Gasteiger partial charge is 0.236 e. The molecule has 3 rings (SSSR count). The summed E-state index contributed by atoms with van der Waals surface area (Å²) < 4.78 is 0. The minimum absolute atomic E-state index is 0.0242. The van der Waals surface area contributed by atoms with E-state index in [-0.39, 0.29) is 17.7 Å². The van der Waals surface area contributed by atoms with Crippen molar-refractivity contribution < 1.29 is 9.59 Å². The Morgan fingerprint density at radius 2 is 2.00 bits per heavy atom. The number of pyridine rings is 1. The van der Waals surface area contributed by atoms with E-state index in [1.165, 1.54) is 5.56 Å². The standard InChI is InChI=1S/C22H28N4O2/c1-17-8-10-18(11-9-17)14-25(2)21(27)16-26-13-5-6-19(15-26)22(28)24-20-7-3-4-12-23-20/h3-4,7-12,19H,5-6,13-16H2,1-2H3,(H,23,24,28)/t19-/m1/s1. The zero-order chi connectivity index (χ0) is 19.9. The molecule has 1 aliphatic heterocycles. The molecule has 0 saturated carbocycles. The predicted molar refractivity (Wildman–Crippen MR) is 110 cm³/mol. The lowest BCUT2D eigenvalue weighted by molar-refractivity contribution is -0.133. The predicted octanol–water partition coefficient (Wildman–Crippen LogP) is 2.70. The Bertz CT molecular complexity index is 792. The fourth-order valence-corrected chi connectivity index (χ4v) is 3.45. The summed E-state index contributed by atoms with van der Waals surface area (Å²) in [5.41, 5.74) is 2.33. The highest BCUT2D eigenvalue weighted by Gasteiger charge is 2.27. The van der Waals surface area contributed by atoms with Crippen molar-refractivity contribution in [2.24, 2.45) is 5.92 Å². The Hall–Kier alpha value is -2.73. The Morgan fingerprint density at radius 3 is 2.71 bits per heavy atom. The molecular formula is C22H28N4O2. The van der Waals surface area contributed by atoms with E-state index in [4.69, 9.17) is 0 Å². The first kappa shape index (κ1) is 20.0. The van der Waals surface area contributed by atoms with Gasteiger partial charge in [0.25, 0.3) is 0 Å². The fraction of sp³-hybridized carbons (Fsp3) is 0.409. The van der Waals surface area contributed by atoms with Gasteiger partial charge in [-0.3, -0.25) is 14.5 Å². The molecular weight excluding hydrogens is 352 g/mol. The van der Waals surface area contributed by atoms with Crippen molar-refractivity contribution >= 4 is 17.6 Å². The second-order valence-corrected chi connectivity index (χ2v) is 7.51. The highest BCUT2D eigenvalue weighted by molar-refractivity contribution is 5.91. The molecule has 1 fully saturated rings. The van der Waals surface area contributed by atoms with Crippen molar-refractivity contribution in [3.63, 3.8) is 0 Å². The summed E-state index contributed by atoms with van der Waals surface area (Å²) in [6, 6.07) is 13.7. The van der Waals surface area contributed by atoms with Gasteiger partial charge in [-0.05, 0) is 44.0 Å². The highest BCUT2D eigenvalue weighted by Crippen LogP contribution is 2.18. The molecule has 2 aromatic rings. The number of piperidine rings is 1. The van der Waals surface area contributed by atoms with Gasteiger partial charge in [0.2, 0.25) is 11.8 Å². The molecule has 0 unspecified atom stereocenters. The van der Waals surface area contributed by atoms with E-state index >= 15 is 0 Å². The number of anilines is 1. The molecule has 0 aliphatic carbocycles. The van der Waals surface area contributed by atoms with E-state index in [2.05, 4.69) is 46.4 Å². The third-order valence-electron chi connectivity index (χ3n) is 5.12. The number of likely N-dealkylation sites (N-methyl/N-ethyl adjacent to an activating group) is 1. The number of likely N-dealkylation sites (tertiary alicyclic amines) is 1. The number of amides is 2. The van der Waals surface area contributed by atoms with Gasteiger partial charge in [0, 0.05) is 26.3 Å². The molecule has 1 aromatic carbocycles. The normalized spacial score (nSPS) is 17.1. The van der Waals surface area contributed by atoms with Gasteiger partial charge in [-0.15, -0.1) is 0 Å². The fourth-order valence-electron chi connectivity index (χ4n) is 3.45. The number of hydrogen-bond acceptors (Lipinski definition) is 4. The molecule has 6 heteroatoms. The van der Waals surface area contributed by atoms with Crippen molar-refractivity contribution in [2.45, 2.75) is 26.3 Å². The van der Waals surface area contributed by atoms with E-state index in [1.54, 1.807) is 17.2 Å². The van der Waals surface area contributed by atoms with Crippen LogP contribution in [0.15, 0.2) is 48.7 Å². The molecule has 1 atom stereocenters. The zero-order valence-electron chi connectivity index (χ0n) is 16.6. The quantitative estimate of drug-likeness (QED) is 0.837. The molecule has 0 radical (unpaired) electrons. The maximum Gasteiger partial charge on any atom is 0.236 e. The largest absolute Gasteiger partial charge is 0.340 e. The third-order valence-corrected chi connectivity index (χ3v) is 5.12. The van der Waals surface area contributed by atoms with Crippen LogP contribution in [0.1, 0.15) is 24.0 Å². The van der Waals surface area contributed by atoms with Gasteiger partial charge in [0.1, 0.15) is 5.82 Å². The average Bonchev–Trinajstić information content (AvgIpc) is 2.70. The van der Waals surface area contributed by atoms with Crippen LogP contribution in [0, 0.1) is 12.8 Å². The molecule has 0 bridgehead atoms. The van der Waals surface area contributed by atoms with Crippen molar-refractivity contribution in [1.29, 1.82) is 0 Å². The molecule has 6 nitrogen and oxygen atoms in total. The van der Waals surface area contributed by atoms with Crippen LogP contribution in [0.2, 0.25) is 0 Å². The molecule has 1 aliphatic rings. The minimum Gasteiger partial charge on any atom is -0.340 e. The lowest BCUT2D eigenvalue weighted by Crippen LogP contribution is -2.45. The molecule has 1 N–H and O–H groups in total. The van der Waals surface area contributed by atoms with E-state index in [1.807, 2.05) is 19.2 Å². The first-order valence-electron chi connectivity index (χ1n) is 9.75. The minimum atomic E-state index is -0.119. The van der Waals surface area contributed by atoms with Crippen LogP contribution >= 0.6 is 0 Å². The SMILES string of the molecule is Cc1ccc(CN(C)C(=O)CN2CCC[C@@H](C(=O)Nc3ccccn3)C2)cc1. The number of rotatable bonds is 6. The number of aryl methyl sites for hydroxylation is 1. The molecule has 28 heavy (non-hydrogen) atoms. The number of hydrogen-bond donors (Lipinski definition) is 1. The summed E-state index contributed by atoms with van der Waals surface area (Å²) in [7, 11) is 1.83. The van der Waals surface area contributed by atoms with E-state index in [0.29, 0.717) is 25.5 Å². The number of carbonyl (C=O) groups is 2. The van der Waals surface area contributed by atoms with Gasteiger partial charge in [-0.2, -0.15) is 0 Å². The number of carbonyl (C=O) groups excluding carboxylic acids is 2. The van der Waals surface area contributed by atoms with Crippen LogP contribution in [-0.4, -0.2) is 53.3 Å². The summed E-state index contributed by atoms with van der Waals surface area (Å²) in [6.45, 7) is 4.43. The molecule has 1 saturated heterocycles. The summed E-state index contributed by atoms with van der Waals surface area (Å²) in [5, 5.41) is 2.87. The number of nitrogens with one attached hydrogen (secondary N) is 1. The summed E-state index contributed by atoms with van der Waals surface area (Å²) in [4.78, 5) is 33.1. The second kappa shape index (κ2) is 9.46. The van der Waals surface area contributed by atoms with E-state index in [9.17, 15) is 9.59 Å². The lowest BCUT2D eigenvalue weighted by Gasteiger charge is -2.32. The van der Waals surface area contributed by atoms with Gasteiger partial charge in [0.05, 0.1) is 12.5 Å². The number of nitrogens with zero attached hydrogens (tertiary/aromatic N) is 3. The Morgan fingerprint density at radius 1 is 1.21 bits per heavy atom. The van der Waals surface area contributed by atoms with Gasteiger partial charge in [-0.25, -0.2) is 4.98 Å². The zero-order valence-corrected chi connectivity index (χ0v) is 16.6. The van der Waals surface area contributed by atoms with Gasteiger partial charge < -0.3 is 10.2 Å². The molecule has 0 spiro atoms. The maximum absolute atomic E-state index is 12.6. The van der Waals surface area contributed by atoms with Crippen LogP contribution in [0.5, 0.6) is 0 Å². The lowest BCUT2D eigenvalue weighted by atomic mass is 9.97. The Labute approximate surface area is 166 Å². The number of benzene rings is 1. The Balaban J connectivity index is 1.50. The van der Waals surface area contributed by atoms with Crippen molar-refractivity contribution in [1.82, 2.24) is 14.8 Å². The van der Waals surface area contributed by atoms with Crippen LogP contribution in [-0.2, 0) is 16.1 Å². The summed E-state index contributed by atoms with van der Waals surface area (Å²) in [5.74, 6) is 0.500. The van der Waals surface area contributed by atoms with Crippen LogP contribution in [0.25, 0.3) is 0 Å². The molecule has 1 aromatic heterocycles. The van der Waals surface area contributed by atoms with Gasteiger partial charge >= 0.3 is 0 Å². The number of aromatic nitrogens is 1. The second-order valence-electron chi connectivity index (χ2n) is 7.51. The van der Waals surface area contributed by atoms with E-state index in [0.717, 1.165) is 24.9 Å². The van der Waals surface area contributed by atoms with Crippen LogP contribution in [0.4, 0.5) is 5.82 Å². The molecule has 2 amide bonds. The van der Waals surface area contributed by atoms with Crippen molar-refractivity contribution in [2.75, 3.05) is 32.0 Å². The topological polar surface area (TPSA) is 65.5 Å². The monoisotopic (exact) mass is 380 g/mol. The maximum atomic E-state index is 12.6.